The van der Waals surface area contributed by atoms with Crippen molar-refractivity contribution in [3.05, 3.63) is 29.8 Å². The number of carbonyl (C=O) groups is 2. The molecule has 2 rings (SSSR count). The smallest absolute Gasteiger partial charge is 0.308 e. The Bertz CT molecular complexity index is 755. The lowest BCUT2D eigenvalue weighted by atomic mass is 9.97. The van der Waals surface area contributed by atoms with Crippen molar-refractivity contribution in [3.8, 4) is 0 Å². The number of nitrogens with one attached hydrogen (secondary N) is 2. The maximum Gasteiger partial charge on any atom is 0.308 e. The van der Waals surface area contributed by atoms with Gasteiger partial charge in [0.05, 0.1) is 10.8 Å². The van der Waals surface area contributed by atoms with Gasteiger partial charge in [0.15, 0.2) is 0 Å². The summed E-state index contributed by atoms with van der Waals surface area (Å²) in [5.74, 6) is -1.46. The first-order chi connectivity index (χ1) is 12.7. The van der Waals surface area contributed by atoms with Crippen LogP contribution in [0, 0.1) is 11.8 Å². The highest BCUT2D eigenvalue weighted by molar-refractivity contribution is 7.89. The number of aliphatic carboxylic acids is 1. The minimum atomic E-state index is -3.47. The fourth-order valence-electron chi connectivity index (χ4n) is 2.75. The summed E-state index contributed by atoms with van der Waals surface area (Å²) in [5, 5.41) is 11.9. The lowest BCUT2D eigenvalue weighted by Gasteiger charge is -2.15. The monoisotopic (exact) mass is 396 g/mol. The Labute approximate surface area is 160 Å². The summed E-state index contributed by atoms with van der Waals surface area (Å²) in [6, 6.07) is 6.55. The van der Waals surface area contributed by atoms with Crippen LogP contribution in [0.15, 0.2) is 29.2 Å². The van der Waals surface area contributed by atoms with Crippen LogP contribution < -0.4 is 10.0 Å². The summed E-state index contributed by atoms with van der Waals surface area (Å²) in [7, 11) is -3.47. The highest BCUT2D eigenvalue weighted by atomic mass is 32.2. The standard InChI is InChI=1S/C19H28N2O5S/c1-13(2)11-15(19(23)24)12-20-18(22)10-5-14-3-8-17(9-4-14)27(25,26)21-16-6-7-16/h3-4,8-9,13,15-16,21H,5-7,10-12H2,1-2H3,(H,20,22)(H,23,24). The van der Waals surface area contributed by atoms with E-state index < -0.39 is 21.9 Å². The van der Waals surface area contributed by atoms with Crippen molar-refractivity contribution < 1.29 is 23.1 Å². The number of hydrogen-bond donors (Lipinski definition) is 3. The molecule has 0 aromatic heterocycles. The largest absolute Gasteiger partial charge is 0.481 e. The molecule has 1 aliphatic rings. The van der Waals surface area contributed by atoms with Gasteiger partial charge in [-0.2, -0.15) is 0 Å². The second-order valence-corrected chi connectivity index (χ2v) is 9.22. The van der Waals surface area contributed by atoms with Crippen LogP contribution in [-0.4, -0.2) is 38.0 Å². The molecule has 3 N–H and O–H groups in total. The minimum absolute atomic E-state index is 0.0590. The molecular formula is C19H28N2O5S. The molecule has 0 radical (unpaired) electrons. The predicted molar refractivity (Wildman–Crippen MR) is 102 cm³/mol. The number of carbonyl (C=O) groups excluding carboxylic acids is 1. The molecule has 0 aliphatic heterocycles. The Morgan fingerprint density at radius 3 is 2.33 bits per heavy atom. The van der Waals surface area contributed by atoms with E-state index in [1.54, 1.807) is 24.3 Å². The molecule has 7 nitrogen and oxygen atoms in total. The Morgan fingerprint density at radius 2 is 1.81 bits per heavy atom. The fourth-order valence-corrected chi connectivity index (χ4v) is 4.05. The van der Waals surface area contributed by atoms with E-state index in [1.165, 1.54) is 0 Å². The Balaban J connectivity index is 1.80. The van der Waals surface area contributed by atoms with Gasteiger partial charge in [-0.05, 0) is 49.3 Å². The van der Waals surface area contributed by atoms with Crippen LogP contribution in [0.3, 0.4) is 0 Å². The summed E-state index contributed by atoms with van der Waals surface area (Å²) in [6.07, 6.45) is 2.96. The van der Waals surface area contributed by atoms with Gasteiger partial charge >= 0.3 is 5.97 Å². The van der Waals surface area contributed by atoms with Gasteiger partial charge in [0.1, 0.15) is 0 Å². The third-order valence-corrected chi connectivity index (χ3v) is 5.96. The van der Waals surface area contributed by atoms with Crippen LogP contribution in [-0.2, 0) is 26.0 Å². The molecular weight excluding hydrogens is 368 g/mol. The van der Waals surface area contributed by atoms with Crippen molar-refractivity contribution in [2.45, 2.75) is 56.9 Å². The molecule has 1 aromatic carbocycles. The van der Waals surface area contributed by atoms with E-state index in [1.807, 2.05) is 13.8 Å². The molecule has 1 aromatic rings. The van der Waals surface area contributed by atoms with Gasteiger partial charge in [0.2, 0.25) is 15.9 Å². The number of carboxylic acid groups (broad SMARTS) is 1. The molecule has 27 heavy (non-hydrogen) atoms. The van der Waals surface area contributed by atoms with Crippen molar-refractivity contribution in [2.75, 3.05) is 6.54 Å². The third kappa shape index (κ3) is 7.30. The van der Waals surface area contributed by atoms with E-state index in [2.05, 4.69) is 10.0 Å². The van der Waals surface area contributed by atoms with Crippen LogP contribution >= 0.6 is 0 Å². The Morgan fingerprint density at radius 1 is 1.19 bits per heavy atom. The second kappa shape index (κ2) is 9.32. The van der Waals surface area contributed by atoms with Crippen LogP contribution in [0.1, 0.15) is 45.1 Å². The van der Waals surface area contributed by atoms with E-state index >= 15 is 0 Å². The first kappa shape index (κ1) is 21.4. The van der Waals surface area contributed by atoms with E-state index in [4.69, 9.17) is 0 Å². The van der Waals surface area contributed by atoms with E-state index in [0.29, 0.717) is 12.8 Å². The number of benzene rings is 1. The number of sulfonamides is 1. The molecule has 1 aliphatic carbocycles. The molecule has 0 heterocycles. The molecule has 150 valence electrons. The minimum Gasteiger partial charge on any atom is -0.481 e. The van der Waals surface area contributed by atoms with Crippen LogP contribution in [0.2, 0.25) is 0 Å². The molecule has 1 saturated carbocycles. The van der Waals surface area contributed by atoms with Crippen LogP contribution in [0.25, 0.3) is 0 Å². The molecule has 8 heteroatoms. The number of hydrogen-bond acceptors (Lipinski definition) is 4. The normalized spacial score (nSPS) is 15.5. The zero-order chi connectivity index (χ0) is 20.0. The van der Waals surface area contributed by atoms with E-state index in [9.17, 15) is 23.1 Å². The van der Waals surface area contributed by atoms with Crippen molar-refractivity contribution in [1.29, 1.82) is 0 Å². The summed E-state index contributed by atoms with van der Waals surface area (Å²) in [6.45, 7) is 4.01. The van der Waals surface area contributed by atoms with E-state index in [-0.39, 0.29) is 35.7 Å². The molecule has 1 unspecified atom stereocenters. The number of carboxylic acids is 1. The summed E-state index contributed by atoms with van der Waals surface area (Å²) >= 11 is 0. The van der Waals surface area contributed by atoms with Crippen molar-refractivity contribution in [1.82, 2.24) is 10.0 Å². The summed E-state index contributed by atoms with van der Waals surface area (Å²) < 4.78 is 26.9. The maximum atomic E-state index is 12.1. The van der Waals surface area contributed by atoms with Gasteiger partial charge in [-0.25, -0.2) is 13.1 Å². The average Bonchev–Trinajstić information content (AvgIpc) is 3.39. The number of amides is 1. The predicted octanol–water partition coefficient (Wildman–Crippen LogP) is 1.92. The SMILES string of the molecule is CC(C)CC(CNC(=O)CCc1ccc(S(=O)(=O)NC2CC2)cc1)C(=O)O. The van der Waals surface area contributed by atoms with Gasteiger partial charge in [-0.15, -0.1) is 0 Å². The van der Waals surface area contributed by atoms with Crippen LogP contribution in [0.4, 0.5) is 0 Å². The maximum absolute atomic E-state index is 12.1. The third-order valence-electron chi connectivity index (χ3n) is 4.42. The highest BCUT2D eigenvalue weighted by Gasteiger charge is 2.27. The van der Waals surface area contributed by atoms with Crippen molar-refractivity contribution in [3.63, 3.8) is 0 Å². The fraction of sp³-hybridized carbons (Fsp3) is 0.579. The molecule has 0 spiro atoms. The van der Waals surface area contributed by atoms with Crippen molar-refractivity contribution >= 4 is 21.9 Å². The Kier molecular flexibility index (Phi) is 7.38. The molecule has 0 bridgehead atoms. The van der Waals surface area contributed by atoms with Crippen LogP contribution in [0.5, 0.6) is 0 Å². The lowest BCUT2D eigenvalue weighted by Crippen LogP contribution is -2.33. The Hall–Kier alpha value is -1.93. The number of aryl methyl sites for hydroxylation is 1. The van der Waals surface area contributed by atoms with Gasteiger partial charge in [-0.3, -0.25) is 9.59 Å². The topological polar surface area (TPSA) is 113 Å². The first-order valence-electron chi connectivity index (χ1n) is 9.28. The second-order valence-electron chi connectivity index (χ2n) is 7.51. The van der Waals surface area contributed by atoms with Gasteiger partial charge in [0, 0.05) is 19.0 Å². The first-order valence-corrected chi connectivity index (χ1v) is 10.8. The van der Waals surface area contributed by atoms with Gasteiger partial charge < -0.3 is 10.4 Å². The zero-order valence-electron chi connectivity index (χ0n) is 15.8. The quantitative estimate of drug-likeness (QED) is 0.529. The molecule has 0 saturated heterocycles. The van der Waals surface area contributed by atoms with Gasteiger partial charge in [0.25, 0.3) is 0 Å². The molecule has 1 amide bonds. The molecule has 1 fully saturated rings. The summed E-state index contributed by atoms with van der Waals surface area (Å²) in [5.41, 5.74) is 0.854. The highest BCUT2D eigenvalue weighted by Crippen LogP contribution is 2.22. The summed E-state index contributed by atoms with van der Waals surface area (Å²) in [4.78, 5) is 23.4. The van der Waals surface area contributed by atoms with Gasteiger partial charge in [-0.1, -0.05) is 26.0 Å². The van der Waals surface area contributed by atoms with Crippen molar-refractivity contribution in [2.24, 2.45) is 11.8 Å². The lowest BCUT2D eigenvalue weighted by molar-refractivity contribution is -0.142. The molecule has 1 atom stereocenters. The average molecular weight is 397 g/mol. The van der Waals surface area contributed by atoms with E-state index in [0.717, 1.165) is 18.4 Å². The number of rotatable bonds is 11. The zero-order valence-corrected chi connectivity index (χ0v) is 16.6.